The number of benzene rings is 3. The minimum atomic E-state index is -4.44. The number of hydrogen-bond donors (Lipinski definition) is 0. The maximum Gasteiger partial charge on any atom is 0.273 e. The number of carbonyl (C=O) groups is 1. The number of nitro groups is 1. The van der Waals surface area contributed by atoms with Crippen molar-refractivity contribution in [2.75, 3.05) is 29.4 Å². The van der Waals surface area contributed by atoms with Crippen molar-refractivity contribution in [1.82, 2.24) is 0 Å². The Morgan fingerprint density at radius 2 is 1.92 bits per heavy atom. The van der Waals surface area contributed by atoms with E-state index in [1.165, 1.54) is 44.4 Å². The average Bonchev–Trinajstić information content (AvgIpc) is 2.86. The molecule has 4 rings (SSSR count). The third kappa shape index (κ3) is 4.87. The number of sulfonamides is 1. The van der Waals surface area contributed by atoms with E-state index in [9.17, 15) is 23.3 Å². The summed E-state index contributed by atoms with van der Waals surface area (Å²) < 4.78 is 34.1. The molecule has 36 heavy (non-hydrogen) atoms. The second kappa shape index (κ2) is 10.2. The van der Waals surface area contributed by atoms with Crippen molar-refractivity contribution in [3.05, 3.63) is 86.9 Å². The highest BCUT2D eigenvalue weighted by Crippen LogP contribution is 2.36. The number of amides is 1. The van der Waals surface area contributed by atoms with Crippen LogP contribution in [-0.2, 0) is 21.2 Å². The summed E-state index contributed by atoms with van der Waals surface area (Å²) in [6.07, 6.45) is 1.55. The lowest BCUT2D eigenvalue weighted by Gasteiger charge is -2.32. The summed E-state index contributed by atoms with van der Waals surface area (Å²) in [5.74, 6) is -0.272. The highest BCUT2D eigenvalue weighted by molar-refractivity contribution is 7.92. The van der Waals surface area contributed by atoms with Crippen LogP contribution in [0, 0.1) is 17.0 Å². The molecule has 1 amide bonds. The molecule has 11 heteroatoms. The first-order valence-electron chi connectivity index (χ1n) is 11.1. The lowest BCUT2D eigenvalue weighted by molar-refractivity contribution is -0.385. The zero-order valence-corrected chi connectivity index (χ0v) is 21.3. The first-order chi connectivity index (χ1) is 17.1. The van der Waals surface area contributed by atoms with Gasteiger partial charge in [0.05, 0.1) is 22.6 Å². The van der Waals surface area contributed by atoms with Gasteiger partial charge in [-0.3, -0.25) is 19.2 Å². The number of anilines is 2. The zero-order valence-electron chi connectivity index (χ0n) is 19.7. The number of aryl methyl sites for hydroxylation is 2. The number of fused-ring (bicyclic) bond motifs is 1. The molecular weight excluding hydrogens is 506 g/mol. The minimum Gasteiger partial charge on any atom is -0.495 e. The topological polar surface area (TPSA) is 110 Å². The van der Waals surface area contributed by atoms with Crippen molar-refractivity contribution in [3.8, 4) is 5.75 Å². The number of carbonyl (C=O) groups excluding carboxylic acids is 1. The van der Waals surface area contributed by atoms with Crippen molar-refractivity contribution >= 4 is 44.6 Å². The normalized spacial score (nSPS) is 13.1. The van der Waals surface area contributed by atoms with Crippen molar-refractivity contribution in [2.24, 2.45) is 0 Å². The molecule has 1 heterocycles. The van der Waals surface area contributed by atoms with Gasteiger partial charge < -0.3 is 9.64 Å². The molecule has 1 aliphatic rings. The van der Waals surface area contributed by atoms with Crippen LogP contribution in [0.2, 0.25) is 5.02 Å². The largest absolute Gasteiger partial charge is 0.495 e. The Balaban J connectivity index is 1.82. The van der Waals surface area contributed by atoms with Crippen molar-refractivity contribution in [2.45, 2.75) is 24.7 Å². The highest BCUT2D eigenvalue weighted by atomic mass is 35.5. The fourth-order valence-electron chi connectivity index (χ4n) is 4.23. The maximum atomic E-state index is 13.9. The van der Waals surface area contributed by atoms with E-state index in [-0.39, 0.29) is 27.0 Å². The summed E-state index contributed by atoms with van der Waals surface area (Å²) in [4.78, 5) is 25.7. The van der Waals surface area contributed by atoms with E-state index in [0.717, 1.165) is 34.5 Å². The van der Waals surface area contributed by atoms with Crippen LogP contribution in [0.4, 0.5) is 17.1 Å². The van der Waals surface area contributed by atoms with Gasteiger partial charge in [0.25, 0.3) is 15.7 Å². The lowest BCUT2D eigenvalue weighted by Crippen LogP contribution is -2.45. The number of nitrogens with zero attached hydrogens (tertiary/aromatic N) is 3. The Kier molecular flexibility index (Phi) is 7.18. The predicted octanol–water partition coefficient (Wildman–Crippen LogP) is 4.74. The van der Waals surface area contributed by atoms with Gasteiger partial charge in [-0.05, 0) is 55.7 Å². The van der Waals surface area contributed by atoms with E-state index in [0.29, 0.717) is 12.1 Å². The van der Waals surface area contributed by atoms with E-state index in [1.54, 1.807) is 4.90 Å². The molecule has 0 unspecified atom stereocenters. The molecule has 0 fully saturated rings. The number of nitro benzene ring substituents is 1. The predicted molar refractivity (Wildman–Crippen MR) is 137 cm³/mol. The van der Waals surface area contributed by atoms with Crippen LogP contribution in [0.15, 0.2) is 65.6 Å². The Morgan fingerprint density at radius 1 is 1.17 bits per heavy atom. The first-order valence-corrected chi connectivity index (χ1v) is 12.9. The van der Waals surface area contributed by atoms with Crippen molar-refractivity contribution in [3.63, 3.8) is 0 Å². The average molecular weight is 530 g/mol. The second-order valence-corrected chi connectivity index (χ2v) is 10.6. The fraction of sp³-hybridized carbons (Fsp3) is 0.240. The molecule has 0 N–H and O–H groups in total. The molecule has 0 aliphatic carbocycles. The molecule has 0 atom stereocenters. The number of ether oxygens (including phenoxy) is 1. The quantitative estimate of drug-likeness (QED) is 0.323. The van der Waals surface area contributed by atoms with Crippen LogP contribution >= 0.6 is 11.6 Å². The first kappa shape index (κ1) is 25.5. The van der Waals surface area contributed by atoms with E-state index in [1.807, 2.05) is 24.3 Å². The highest BCUT2D eigenvalue weighted by Gasteiger charge is 2.33. The number of hydrogen-bond acceptors (Lipinski definition) is 6. The summed E-state index contributed by atoms with van der Waals surface area (Å²) in [5, 5.41) is 11.7. The molecular formula is C25H24ClN3O6S. The van der Waals surface area contributed by atoms with Gasteiger partial charge >= 0.3 is 0 Å². The molecule has 0 radical (unpaired) electrons. The third-order valence-electron chi connectivity index (χ3n) is 6.07. The smallest absolute Gasteiger partial charge is 0.273 e. The second-order valence-electron chi connectivity index (χ2n) is 8.31. The maximum absolute atomic E-state index is 13.9. The molecule has 9 nitrogen and oxygen atoms in total. The van der Waals surface area contributed by atoms with Gasteiger partial charge in [0.15, 0.2) is 0 Å². The number of methoxy groups -OCH3 is 1. The molecule has 188 valence electrons. The zero-order chi connectivity index (χ0) is 26.0. The number of halogens is 1. The summed E-state index contributed by atoms with van der Waals surface area (Å²) in [7, 11) is -3.07. The van der Waals surface area contributed by atoms with Gasteiger partial charge in [0, 0.05) is 28.9 Å². The number of rotatable bonds is 7. The van der Waals surface area contributed by atoms with E-state index < -0.39 is 27.4 Å². The van der Waals surface area contributed by atoms with Gasteiger partial charge in [-0.2, -0.15) is 0 Å². The Bertz CT molecular complexity index is 1440. The molecule has 0 spiro atoms. The fourth-order valence-corrected chi connectivity index (χ4v) is 5.84. The molecule has 0 saturated heterocycles. The van der Waals surface area contributed by atoms with Crippen LogP contribution in [0.25, 0.3) is 0 Å². The SMILES string of the molecule is COc1ccc(Cl)cc1N(CC(=O)N1CCCc2ccccc21)S(=O)(=O)c1ccc(C)c([N+](=O)[O-])c1. The molecule has 0 aromatic heterocycles. The van der Waals surface area contributed by atoms with Crippen LogP contribution in [0.1, 0.15) is 17.5 Å². The summed E-state index contributed by atoms with van der Waals surface area (Å²) in [6.45, 7) is 1.39. The van der Waals surface area contributed by atoms with E-state index in [2.05, 4.69) is 0 Å². The molecule has 0 bridgehead atoms. The van der Waals surface area contributed by atoms with Gasteiger partial charge in [-0.1, -0.05) is 35.9 Å². The molecule has 0 saturated carbocycles. The Hall–Kier alpha value is -3.63. The molecule has 3 aromatic carbocycles. The lowest BCUT2D eigenvalue weighted by atomic mass is 10.0. The van der Waals surface area contributed by atoms with Crippen LogP contribution in [0.3, 0.4) is 0 Å². The third-order valence-corrected chi connectivity index (χ3v) is 8.06. The monoisotopic (exact) mass is 529 g/mol. The summed E-state index contributed by atoms with van der Waals surface area (Å²) in [5.41, 5.74) is 1.75. The van der Waals surface area contributed by atoms with Gasteiger partial charge in [0.1, 0.15) is 12.3 Å². The van der Waals surface area contributed by atoms with Gasteiger partial charge in [-0.25, -0.2) is 8.42 Å². The van der Waals surface area contributed by atoms with Gasteiger partial charge in [-0.15, -0.1) is 0 Å². The van der Waals surface area contributed by atoms with Crippen molar-refractivity contribution < 1.29 is 22.9 Å². The molecule has 1 aliphatic heterocycles. The van der Waals surface area contributed by atoms with E-state index in [4.69, 9.17) is 16.3 Å². The van der Waals surface area contributed by atoms with Crippen molar-refractivity contribution in [1.29, 1.82) is 0 Å². The van der Waals surface area contributed by atoms with Crippen LogP contribution in [-0.4, -0.2) is 39.4 Å². The van der Waals surface area contributed by atoms with Gasteiger partial charge in [0.2, 0.25) is 5.91 Å². The number of para-hydroxylation sites is 1. The minimum absolute atomic E-state index is 0.0480. The van der Waals surface area contributed by atoms with Crippen LogP contribution < -0.4 is 13.9 Å². The summed E-state index contributed by atoms with van der Waals surface area (Å²) in [6, 6.07) is 15.5. The Morgan fingerprint density at radius 3 is 2.64 bits per heavy atom. The molecule has 3 aromatic rings. The Labute approximate surface area is 214 Å². The standard InChI is InChI=1S/C25H24ClN3O6S/c1-17-9-11-20(15-22(17)29(31)32)36(33,34)28(23-14-19(26)10-12-24(23)35-2)16-25(30)27-13-5-7-18-6-3-4-8-21(18)27/h3-4,6,8-12,14-15H,5,7,13,16H2,1-2H3. The van der Waals surface area contributed by atoms with E-state index >= 15 is 0 Å². The van der Waals surface area contributed by atoms with Crippen LogP contribution in [0.5, 0.6) is 5.75 Å². The summed E-state index contributed by atoms with van der Waals surface area (Å²) >= 11 is 6.19.